The molecule has 0 aliphatic heterocycles. The van der Waals surface area contributed by atoms with Gasteiger partial charge in [-0.1, -0.05) is 49.4 Å². The molecule has 1 aliphatic rings. The predicted octanol–water partition coefficient (Wildman–Crippen LogP) is 4.77. The Morgan fingerprint density at radius 2 is 1.96 bits per heavy atom. The van der Waals surface area contributed by atoms with Crippen molar-refractivity contribution in [1.29, 1.82) is 0 Å². The van der Waals surface area contributed by atoms with Crippen molar-refractivity contribution < 1.29 is 9.21 Å². The molecule has 1 aromatic carbocycles. The molecule has 1 saturated carbocycles. The smallest absolute Gasteiger partial charge is 0.220 e. The van der Waals surface area contributed by atoms with Crippen LogP contribution in [0.4, 0.5) is 0 Å². The van der Waals surface area contributed by atoms with E-state index in [9.17, 15) is 4.79 Å². The lowest BCUT2D eigenvalue weighted by Gasteiger charge is -2.15. The van der Waals surface area contributed by atoms with Crippen LogP contribution in [-0.4, -0.2) is 16.9 Å². The first-order valence-electron chi connectivity index (χ1n) is 8.71. The van der Waals surface area contributed by atoms with Crippen LogP contribution in [0.15, 0.2) is 34.9 Å². The van der Waals surface area contributed by atoms with E-state index in [2.05, 4.69) is 10.3 Å². The van der Waals surface area contributed by atoms with E-state index in [1.165, 1.54) is 25.7 Å². The SMILES string of the molecule is O=C(CCc1ncc(-c2ccccc2Cl)o1)NC1CCCCCC1. The van der Waals surface area contributed by atoms with Gasteiger partial charge in [0.25, 0.3) is 0 Å². The molecule has 1 heterocycles. The van der Waals surface area contributed by atoms with E-state index in [1.807, 2.05) is 24.3 Å². The van der Waals surface area contributed by atoms with E-state index in [4.69, 9.17) is 16.0 Å². The molecule has 4 nitrogen and oxygen atoms in total. The molecule has 1 aromatic heterocycles. The van der Waals surface area contributed by atoms with E-state index in [0.717, 1.165) is 18.4 Å². The van der Waals surface area contributed by atoms with E-state index in [0.29, 0.717) is 35.6 Å². The van der Waals surface area contributed by atoms with Gasteiger partial charge in [0.1, 0.15) is 0 Å². The quantitative estimate of drug-likeness (QED) is 0.793. The van der Waals surface area contributed by atoms with Crippen LogP contribution in [0.5, 0.6) is 0 Å². The number of halogens is 1. The lowest BCUT2D eigenvalue weighted by molar-refractivity contribution is -0.121. The Labute approximate surface area is 147 Å². The third kappa shape index (κ3) is 4.60. The fraction of sp³-hybridized carbons (Fsp3) is 0.474. The van der Waals surface area contributed by atoms with Crippen molar-refractivity contribution in [2.24, 2.45) is 0 Å². The molecular formula is C19H23ClN2O2. The van der Waals surface area contributed by atoms with Crippen molar-refractivity contribution >= 4 is 17.5 Å². The predicted molar refractivity (Wildman–Crippen MR) is 94.9 cm³/mol. The van der Waals surface area contributed by atoms with Gasteiger partial charge in [0.2, 0.25) is 5.91 Å². The third-order valence-electron chi connectivity index (χ3n) is 4.48. The van der Waals surface area contributed by atoms with E-state index in [1.54, 1.807) is 6.20 Å². The maximum Gasteiger partial charge on any atom is 0.220 e. The Hall–Kier alpha value is -1.81. The van der Waals surface area contributed by atoms with Gasteiger partial charge in [-0.2, -0.15) is 0 Å². The number of oxazole rings is 1. The Morgan fingerprint density at radius 1 is 1.21 bits per heavy atom. The van der Waals surface area contributed by atoms with Gasteiger partial charge in [-0.05, 0) is 25.0 Å². The Balaban J connectivity index is 1.52. The second-order valence-corrected chi connectivity index (χ2v) is 6.76. The molecule has 0 bridgehead atoms. The summed E-state index contributed by atoms with van der Waals surface area (Å²) >= 11 is 6.17. The maximum absolute atomic E-state index is 12.1. The van der Waals surface area contributed by atoms with Crippen molar-refractivity contribution in [3.8, 4) is 11.3 Å². The van der Waals surface area contributed by atoms with Crippen LogP contribution in [-0.2, 0) is 11.2 Å². The number of nitrogens with one attached hydrogen (secondary N) is 1. The maximum atomic E-state index is 12.1. The van der Waals surface area contributed by atoms with Gasteiger partial charge in [-0.25, -0.2) is 4.98 Å². The van der Waals surface area contributed by atoms with Gasteiger partial charge < -0.3 is 9.73 Å². The normalized spacial score (nSPS) is 15.9. The monoisotopic (exact) mass is 346 g/mol. The van der Waals surface area contributed by atoms with Crippen LogP contribution in [0.25, 0.3) is 11.3 Å². The highest BCUT2D eigenvalue weighted by Gasteiger charge is 2.16. The summed E-state index contributed by atoms with van der Waals surface area (Å²) in [6, 6.07) is 7.83. The number of hydrogen-bond donors (Lipinski definition) is 1. The molecule has 0 unspecified atom stereocenters. The van der Waals surface area contributed by atoms with Gasteiger partial charge in [-0.3, -0.25) is 4.79 Å². The summed E-state index contributed by atoms with van der Waals surface area (Å²) in [5.41, 5.74) is 0.820. The molecule has 1 N–H and O–H groups in total. The third-order valence-corrected chi connectivity index (χ3v) is 4.81. The summed E-state index contributed by atoms with van der Waals surface area (Å²) in [4.78, 5) is 16.4. The molecular weight excluding hydrogens is 324 g/mol. The van der Waals surface area contributed by atoms with E-state index >= 15 is 0 Å². The van der Waals surface area contributed by atoms with Gasteiger partial charge in [-0.15, -0.1) is 0 Å². The van der Waals surface area contributed by atoms with Gasteiger partial charge >= 0.3 is 0 Å². The highest BCUT2D eigenvalue weighted by molar-refractivity contribution is 6.33. The first-order valence-corrected chi connectivity index (χ1v) is 9.09. The fourth-order valence-corrected chi connectivity index (χ4v) is 3.38. The number of carbonyl (C=O) groups is 1. The van der Waals surface area contributed by atoms with Crippen LogP contribution >= 0.6 is 11.6 Å². The Bertz CT molecular complexity index is 676. The first-order chi connectivity index (χ1) is 11.7. The number of hydrogen-bond acceptors (Lipinski definition) is 3. The molecule has 2 aromatic rings. The van der Waals surface area contributed by atoms with E-state index < -0.39 is 0 Å². The number of amides is 1. The second kappa shape index (κ2) is 8.34. The van der Waals surface area contributed by atoms with Crippen molar-refractivity contribution in [3.05, 3.63) is 41.4 Å². The van der Waals surface area contributed by atoms with Crippen LogP contribution < -0.4 is 5.32 Å². The van der Waals surface area contributed by atoms with Crippen molar-refractivity contribution in [2.75, 3.05) is 0 Å². The molecule has 0 atom stereocenters. The molecule has 1 fully saturated rings. The lowest BCUT2D eigenvalue weighted by Crippen LogP contribution is -2.34. The van der Waals surface area contributed by atoms with Crippen LogP contribution in [0, 0.1) is 0 Å². The molecule has 1 amide bonds. The zero-order valence-electron chi connectivity index (χ0n) is 13.8. The average molecular weight is 347 g/mol. The van der Waals surface area contributed by atoms with Crippen LogP contribution in [0.2, 0.25) is 5.02 Å². The number of benzene rings is 1. The van der Waals surface area contributed by atoms with Crippen LogP contribution in [0.3, 0.4) is 0 Å². The van der Waals surface area contributed by atoms with Crippen molar-refractivity contribution in [2.45, 2.75) is 57.4 Å². The minimum atomic E-state index is 0.0828. The molecule has 5 heteroatoms. The highest BCUT2D eigenvalue weighted by Crippen LogP contribution is 2.28. The minimum absolute atomic E-state index is 0.0828. The van der Waals surface area contributed by atoms with Gasteiger partial charge in [0.15, 0.2) is 11.7 Å². The first kappa shape index (κ1) is 17.0. The molecule has 3 rings (SSSR count). The summed E-state index contributed by atoms with van der Waals surface area (Å²) in [5, 5.41) is 3.78. The number of aryl methyl sites for hydroxylation is 1. The standard InChI is InChI=1S/C19H23ClN2O2/c20-16-10-6-5-9-15(16)17-13-21-19(24-17)12-11-18(23)22-14-7-3-1-2-4-8-14/h5-6,9-10,13-14H,1-4,7-8,11-12H2,(H,22,23). The van der Waals surface area contributed by atoms with Crippen molar-refractivity contribution in [1.82, 2.24) is 10.3 Å². The highest BCUT2D eigenvalue weighted by atomic mass is 35.5. The van der Waals surface area contributed by atoms with Gasteiger partial charge in [0, 0.05) is 24.4 Å². The number of carbonyl (C=O) groups excluding carboxylic acids is 1. The topological polar surface area (TPSA) is 55.1 Å². The number of nitrogens with zero attached hydrogens (tertiary/aromatic N) is 1. The molecule has 0 radical (unpaired) electrons. The lowest BCUT2D eigenvalue weighted by atomic mass is 10.1. The zero-order valence-corrected chi connectivity index (χ0v) is 14.5. The number of aromatic nitrogens is 1. The molecule has 0 saturated heterocycles. The van der Waals surface area contributed by atoms with Crippen molar-refractivity contribution in [3.63, 3.8) is 0 Å². The Morgan fingerprint density at radius 3 is 2.71 bits per heavy atom. The second-order valence-electron chi connectivity index (χ2n) is 6.35. The summed E-state index contributed by atoms with van der Waals surface area (Å²) < 4.78 is 5.74. The molecule has 128 valence electrons. The van der Waals surface area contributed by atoms with E-state index in [-0.39, 0.29) is 5.91 Å². The van der Waals surface area contributed by atoms with Gasteiger partial charge in [0.05, 0.1) is 11.2 Å². The Kier molecular flexibility index (Phi) is 5.91. The molecule has 24 heavy (non-hydrogen) atoms. The summed E-state index contributed by atoms with van der Waals surface area (Å²) in [5.74, 6) is 1.29. The average Bonchev–Trinajstić information content (AvgIpc) is 2.90. The molecule has 1 aliphatic carbocycles. The van der Waals surface area contributed by atoms with Crippen LogP contribution in [0.1, 0.15) is 50.8 Å². The zero-order chi connectivity index (χ0) is 16.8. The molecule has 0 spiro atoms. The minimum Gasteiger partial charge on any atom is -0.441 e. The summed E-state index contributed by atoms with van der Waals surface area (Å²) in [7, 11) is 0. The summed E-state index contributed by atoms with van der Waals surface area (Å²) in [6.07, 6.45) is 9.77. The summed E-state index contributed by atoms with van der Waals surface area (Å²) in [6.45, 7) is 0. The largest absolute Gasteiger partial charge is 0.441 e. The fourth-order valence-electron chi connectivity index (χ4n) is 3.16. The number of rotatable bonds is 5.